The topological polar surface area (TPSA) is 76.2 Å². The number of benzene rings is 3. The quantitative estimate of drug-likeness (QED) is 0.483. The van der Waals surface area contributed by atoms with Crippen molar-refractivity contribution in [3.63, 3.8) is 0 Å². The Morgan fingerprint density at radius 3 is 2.73 bits per heavy atom. The van der Waals surface area contributed by atoms with Crippen LogP contribution in [0.2, 0.25) is 5.02 Å². The van der Waals surface area contributed by atoms with Gasteiger partial charge in [-0.05, 0) is 54.6 Å². The normalized spacial score (nSPS) is 12.7. The van der Waals surface area contributed by atoms with E-state index in [1.807, 2.05) is 0 Å². The number of aromatic nitrogens is 2. The largest absolute Gasteiger partial charge is 0.486 e. The summed E-state index contributed by atoms with van der Waals surface area (Å²) in [6.45, 7) is 0.931. The molecule has 1 aromatic heterocycles. The number of carbonyl (C=O) groups excluding carboxylic acids is 1. The highest BCUT2D eigenvalue weighted by Gasteiger charge is 2.16. The molecule has 0 saturated heterocycles. The highest BCUT2D eigenvalue weighted by Crippen LogP contribution is 2.32. The molecule has 2 heterocycles. The zero-order valence-corrected chi connectivity index (χ0v) is 16.3. The maximum absolute atomic E-state index is 13.5. The third kappa shape index (κ3) is 3.44. The number of halogens is 2. The van der Waals surface area contributed by atoms with Crippen molar-refractivity contribution in [2.75, 3.05) is 18.5 Å². The van der Waals surface area contributed by atoms with Gasteiger partial charge < -0.3 is 19.8 Å². The minimum atomic E-state index is -0.357. The first kappa shape index (κ1) is 18.4. The number of nitrogens with zero attached hydrogens (tertiary/aromatic N) is 1. The van der Waals surface area contributed by atoms with E-state index in [2.05, 4.69) is 15.3 Å². The second-order valence-electron chi connectivity index (χ2n) is 6.75. The number of amides is 1. The zero-order valence-electron chi connectivity index (χ0n) is 15.5. The number of carbonyl (C=O) groups is 1. The number of ether oxygens (including phenoxy) is 2. The molecular weight excluding hydrogens is 409 g/mol. The molecule has 1 aliphatic rings. The fraction of sp³-hybridized carbons (Fsp3) is 0.0909. The Bertz CT molecular complexity index is 1290. The van der Waals surface area contributed by atoms with E-state index in [0.29, 0.717) is 63.4 Å². The van der Waals surface area contributed by atoms with Crippen LogP contribution in [0.1, 0.15) is 10.4 Å². The second kappa shape index (κ2) is 7.35. The molecule has 0 saturated carbocycles. The van der Waals surface area contributed by atoms with E-state index in [-0.39, 0.29) is 11.7 Å². The molecule has 5 rings (SSSR count). The summed E-state index contributed by atoms with van der Waals surface area (Å²) >= 11 is 6.35. The van der Waals surface area contributed by atoms with Crippen LogP contribution in [0, 0.1) is 5.82 Å². The lowest BCUT2D eigenvalue weighted by molar-refractivity contribution is 0.102. The summed E-state index contributed by atoms with van der Waals surface area (Å²) in [5, 5.41) is 3.30. The summed E-state index contributed by atoms with van der Waals surface area (Å²) in [5.41, 5.74) is 2.75. The molecule has 0 spiro atoms. The molecule has 150 valence electrons. The minimum absolute atomic E-state index is 0.299. The molecule has 2 N–H and O–H groups in total. The molecule has 0 fully saturated rings. The van der Waals surface area contributed by atoms with Gasteiger partial charge in [0.2, 0.25) is 0 Å². The first-order valence-electron chi connectivity index (χ1n) is 9.23. The predicted octanol–water partition coefficient (Wildman–Crippen LogP) is 5.05. The standard InChI is InChI=1S/C22H15ClFN3O3/c23-16-4-3-14(11-15(16)21-26-17-5-2-13(24)10-18(17)27-21)25-22(28)12-1-6-19-20(9-12)30-8-7-29-19/h1-6,9-11H,7-8H2,(H,25,28)(H,26,27). The summed E-state index contributed by atoms with van der Waals surface area (Å²) in [6, 6.07) is 14.4. The molecule has 1 aliphatic heterocycles. The molecule has 0 unspecified atom stereocenters. The number of nitrogens with one attached hydrogen (secondary N) is 2. The number of H-pyrrole nitrogens is 1. The van der Waals surface area contributed by atoms with E-state index in [1.54, 1.807) is 42.5 Å². The van der Waals surface area contributed by atoms with Gasteiger partial charge in [-0.2, -0.15) is 0 Å². The maximum atomic E-state index is 13.5. The van der Waals surface area contributed by atoms with Gasteiger partial charge in [0, 0.05) is 16.8 Å². The minimum Gasteiger partial charge on any atom is -0.486 e. The zero-order chi connectivity index (χ0) is 20.7. The van der Waals surface area contributed by atoms with E-state index in [1.165, 1.54) is 12.1 Å². The molecule has 3 aromatic carbocycles. The van der Waals surface area contributed by atoms with E-state index in [0.717, 1.165) is 0 Å². The number of anilines is 1. The van der Waals surface area contributed by atoms with Crippen molar-refractivity contribution in [3.05, 3.63) is 71.0 Å². The molecule has 8 heteroatoms. The summed E-state index contributed by atoms with van der Waals surface area (Å²) in [5.74, 6) is 0.986. The smallest absolute Gasteiger partial charge is 0.255 e. The van der Waals surface area contributed by atoms with Crippen molar-refractivity contribution in [3.8, 4) is 22.9 Å². The van der Waals surface area contributed by atoms with Gasteiger partial charge in [-0.15, -0.1) is 0 Å². The lowest BCUT2D eigenvalue weighted by atomic mass is 10.1. The fourth-order valence-corrected chi connectivity index (χ4v) is 3.49. The van der Waals surface area contributed by atoms with Gasteiger partial charge in [0.05, 0.1) is 16.1 Å². The number of aromatic amines is 1. The van der Waals surface area contributed by atoms with Gasteiger partial charge in [-0.3, -0.25) is 4.79 Å². The van der Waals surface area contributed by atoms with Crippen molar-refractivity contribution < 1.29 is 18.7 Å². The number of hydrogen-bond acceptors (Lipinski definition) is 4. The van der Waals surface area contributed by atoms with Crippen LogP contribution in [0.5, 0.6) is 11.5 Å². The van der Waals surface area contributed by atoms with E-state index in [4.69, 9.17) is 21.1 Å². The Labute approximate surface area is 175 Å². The van der Waals surface area contributed by atoms with Crippen molar-refractivity contribution in [2.45, 2.75) is 0 Å². The average Bonchev–Trinajstić information content (AvgIpc) is 3.17. The van der Waals surface area contributed by atoms with Crippen LogP contribution >= 0.6 is 11.6 Å². The molecule has 30 heavy (non-hydrogen) atoms. The number of imidazole rings is 1. The average molecular weight is 424 g/mol. The molecule has 1 amide bonds. The number of fused-ring (bicyclic) bond motifs is 2. The van der Waals surface area contributed by atoms with Crippen LogP contribution in [0.4, 0.5) is 10.1 Å². The van der Waals surface area contributed by atoms with Crippen LogP contribution in [0.3, 0.4) is 0 Å². The third-order valence-electron chi connectivity index (χ3n) is 4.73. The molecule has 0 radical (unpaired) electrons. The third-order valence-corrected chi connectivity index (χ3v) is 5.06. The van der Waals surface area contributed by atoms with Crippen LogP contribution in [-0.4, -0.2) is 29.1 Å². The predicted molar refractivity (Wildman–Crippen MR) is 112 cm³/mol. The van der Waals surface area contributed by atoms with Gasteiger partial charge in [0.25, 0.3) is 5.91 Å². The second-order valence-corrected chi connectivity index (χ2v) is 7.16. The van der Waals surface area contributed by atoms with Gasteiger partial charge >= 0.3 is 0 Å². The Hall–Kier alpha value is -3.58. The molecule has 4 aromatic rings. The monoisotopic (exact) mass is 423 g/mol. The van der Waals surface area contributed by atoms with Gasteiger partial charge in [-0.25, -0.2) is 9.37 Å². The van der Waals surface area contributed by atoms with Crippen molar-refractivity contribution in [1.82, 2.24) is 9.97 Å². The lowest BCUT2D eigenvalue weighted by Crippen LogP contribution is -2.17. The number of hydrogen-bond donors (Lipinski definition) is 2. The number of rotatable bonds is 3. The van der Waals surface area contributed by atoms with Crippen molar-refractivity contribution in [1.29, 1.82) is 0 Å². The molecule has 0 bridgehead atoms. The SMILES string of the molecule is O=C(Nc1ccc(Cl)c(-c2nc3ccc(F)cc3[nH]2)c1)c1ccc2c(c1)OCCO2. The van der Waals surface area contributed by atoms with Crippen LogP contribution in [-0.2, 0) is 0 Å². The van der Waals surface area contributed by atoms with Crippen molar-refractivity contribution >= 4 is 34.2 Å². The summed E-state index contributed by atoms with van der Waals surface area (Å²) in [6.07, 6.45) is 0. The highest BCUT2D eigenvalue weighted by molar-refractivity contribution is 6.33. The Morgan fingerprint density at radius 1 is 1.03 bits per heavy atom. The first-order valence-corrected chi connectivity index (χ1v) is 9.61. The molecule has 6 nitrogen and oxygen atoms in total. The van der Waals surface area contributed by atoms with Crippen LogP contribution in [0.15, 0.2) is 54.6 Å². The van der Waals surface area contributed by atoms with E-state index >= 15 is 0 Å². The van der Waals surface area contributed by atoms with Gasteiger partial charge in [0.15, 0.2) is 11.5 Å². The van der Waals surface area contributed by atoms with Gasteiger partial charge in [0.1, 0.15) is 24.9 Å². The summed E-state index contributed by atoms with van der Waals surface area (Å²) in [7, 11) is 0. The molecule has 0 aliphatic carbocycles. The Kier molecular flexibility index (Phi) is 4.52. The lowest BCUT2D eigenvalue weighted by Gasteiger charge is -2.18. The highest BCUT2D eigenvalue weighted by atomic mass is 35.5. The fourth-order valence-electron chi connectivity index (χ4n) is 3.28. The molecular formula is C22H15ClFN3O3. The van der Waals surface area contributed by atoms with Crippen LogP contribution in [0.25, 0.3) is 22.4 Å². The van der Waals surface area contributed by atoms with E-state index in [9.17, 15) is 9.18 Å². The first-order chi connectivity index (χ1) is 14.6. The van der Waals surface area contributed by atoms with Crippen molar-refractivity contribution in [2.24, 2.45) is 0 Å². The van der Waals surface area contributed by atoms with Gasteiger partial charge in [-0.1, -0.05) is 11.6 Å². The van der Waals surface area contributed by atoms with Crippen LogP contribution < -0.4 is 14.8 Å². The summed E-state index contributed by atoms with van der Waals surface area (Å²) < 4.78 is 24.5. The Morgan fingerprint density at radius 2 is 1.87 bits per heavy atom. The van der Waals surface area contributed by atoms with E-state index < -0.39 is 0 Å². The molecule has 0 atom stereocenters. The Balaban J connectivity index is 1.43. The summed E-state index contributed by atoms with van der Waals surface area (Å²) in [4.78, 5) is 20.2. The maximum Gasteiger partial charge on any atom is 0.255 e.